The second kappa shape index (κ2) is 7.41. The quantitative estimate of drug-likeness (QED) is 0.613. The van der Waals surface area contributed by atoms with E-state index in [4.69, 9.17) is 16.1 Å². The van der Waals surface area contributed by atoms with Gasteiger partial charge in [-0.3, -0.25) is 4.90 Å². The summed E-state index contributed by atoms with van der Waals surface area (Å²) in [6.45, 7) is 4.33. The second-order valence-electron chi connectivity index (χ2n) is 5.74. The van der Waals surface area contributed by atoms with Crippen LogP contribution in [0.2, 0.25) is 5.02 Å². The molecule has 6 nitrogen and oxygen atoms in total. The number of thiophene rings is 1. The van der Waals surface area contributed by atoms with Gasteiger partial charge in [0.05, 0.1) is 16.4 Å². The summed E-state index contributed by atoms with van der Waals surface area (Å²) in [4.78, 5) is 14.5. The Balaban J connectivity index is 1.34. The van der Waals surface area contributed by atoms with Gasteiger partial charge in [0.15, 0.2) is 0 Å². The number of aromatic nitrogens is 3. The molecule has 25 heavy (non-hydrogen) atoms. The first kappa shape index (κ1) is 17.0. The van der Waals surface area contributed by atoms with E-state index in [0.717, 1.165) is 41.3 Å². The second-order valence-corrected chi connectivity index (χ2v) is 8.00. The number of piperazine rings is 1. The highest BCUT2D eigenvalue weighted by atomic mass is 79.9. The summed E-state index contributed by atoms with van der Waals surface area (Å²) in [5.41, 5.74) is 0. The standard InChI is InChI=1S/C16H15BrClN5OS/c17-11-7-13(25-10-11)16-20-15(24-21-16)9-22-3-5-23(6-4-22)14-2-1-12(18)8-19-14/h1-2,7-8,10H,3-6,9H2. The monoisotopic (exact) mass is 439 g/mol. The summed E-state index contributed by atoms with van der Waals surface area (Å²) >= 11 is 10.9. The fraction of sp³-hybridized carbons (Fsp3) is 0.312. The molecule has 0 N–H and O–H groups in total. The number of anilines is 1. The largest absolute Gasteiger partial charge is 0.354 e. The lowest BCUT2D eigenvalue weighted by atomic mass is 10.3. The molecule has 0 atom stereocenters. The SMILES string of the molecule is Clc1ccc(N2CCN(Cc3nc(-c4cc(Br)cs4)no3)CC2)nc1. The highest BCUT2D eigenvalue weighted by Crippen LogP contribution is 2.28. The van der Waals surface area contributed by atoms with E-state index in [1.165, 1.54) is 0 Å². The molecule has 4 heterocycles. The third-order valence-corrected chi connectivity index (χ3v) is 5.93. The summed E-state index contributed by atoms with van der Waals surface area (Å²) in [7, 11) is 0. The molecule has 4 rings (SSSR count). The lowest BCUT2D eigenvalue weighted by Gasteiger charge is -2.34. The number of halogens is 2. The summed E-state index contributed by atoms with van der Waals surface area (Å²) in [6.07, 6.45) is 1.69. The van der Waals surface area contributed by atoms with E-state index < -0.39 is 0 Å². The molecule has 1 saturated heterocycles. The highest BCUT2D eigenvalue weighted by molar-refractivity contribution is 9.10. The zero-order chi connectivity index (χ0) is 17.2. The maximum absolute atomic E-state index is 5.90. The van der Waals surface area contributed by atoms with Gasteiger partial charge < -0.3 is 9.42 Å². The van der Waals surface area contributed by atoms with Crippen LogP contribution in [-0.4, -0.2) is 46.2 Å². The van der Waals surface area contributed by atoms with Crippen molar-refractivity contribution in [3.63, 3.8) is 0 Å². The average Bonchev–Trinajstić information content (AvgIpc) is 3.25. The molecule has 1 aliphatic rings. The van der Waals surface area contributed by atoms with Crippen LogP contribution in [0.4, 0.5) is 5.82 Å². The van der Waals surface area contributed by atoms with Crippen molar-refractivity contribution in [2.75, 3.05) is 31.1 Å². The third-order valence-electron chi connectivity index (χ3n) is 4.02. The van der Waals surface area contributed by atoms with Crippen molar-refractivity contribution in [3.8, 4) is 10.7 Å². The molecule has 0 radical (unpaired) electrons. The smallest absolute Gasteiger partial charge is 0.241 e. The van der Waals surface area contributed by atoms with Gasteiger partial charge in [-0.25, -0.2) is 4.98 Å². The van der Waals surface area contributed by atoms with E-state index in [1.54, 1.807) is 17.5 Å². The molecule has 3 aromatic rings. The molecule has 0 aliphatic carbocycles. The van der Waals surface area contributed by atoms with Crippen molar-refractivity contribution >= 4 is 44.7 Å². The Labute approximate surface area is 162 Å². The van der Waals surface area contributed by atoms with E-state index in [2.05, 4.69) is 40.9 Å². The predicted molar refractivity (Wildman–Crippen MR) is 102 cm³/mol. The summed E-state index contributed by atoms with van der Waals surface area (Å²) in [5, 5.41) is 6.75. The van der Waals surface area contributed by atoms with E-state index in [0.29, 0.717) is 23.3 Å². The van der Waals surface area contributed by atoms with Crippen LogP contribution in [0.25, 0.3) is 10.7 Å². The first-order valence-corrected chi connectivity index (χ1v) is 9.88. The van der Waals surface area contributed by atoms with Crippen LogP contribution in [0.15, 0.2) is 38.8 Å². The number of nitrogens with zero attached hydrogens (tertiary/aromatic N) is 5. The van der Waals surface area contributed by atoms with E-state index >= 15 is 0 Å². The Morgan fingerprint density at radius 3 is 2.76 bits per heavy atom. The third kappa shape index (κ3) is 4.03. The molecule has 0 aromatic carbocycles. The van der Waals surface area contributed by atoms with Gasteiger partial charge in [0.25, 0.3) is 0 Å². The number of pyridine rings is 1. The molecular weight excluding hydrogens is 426 g/mol. The van der Waals surface area contributed by atoms with Crippen LogP contribution in [0.5, 0.6) is 0 Å². The predicted octanol–water partition coefficient (Wildman–Crippen LogP) is 3.93. The van der Waals surface area contributed by atoms with Gasteiger partial charge in [-0.15, -0.1) is 11.3 Å². The van der Waals surface area contributed by atoms with E-state index in [-0.39, 0.29) is 0 Å². The van der Waals surface area contributed by atoms with Crippen LogP contribution in [0.3, 0.4) is 0 Å². The van der Waals surface area contributed by atoms with Crippen LogP contribution >= 0.6 is 38.9 Å². The summed E-state index contributed by atoms with van der Waals surface area (Å²) in [6, 6.07) is 5.83. The highest BCUT2D eigenvalue weighted by Gasteiger charge is 2.20. The minimum Gasteiger partial charge on any atom is -0.354 e. The summed E-state index contributed by atoms with van der Waals surface area (Å²) < 4.78 is 6.44. The average molecular weight is 441 g/mol. The Bertz CT molecular complexity index is 844. The first-order chi connectivity index (χ1) is 12.2. The fourth-order valence-corrected chi connectivity index (χ4v) is 4.19. The normalized spacial score (nSPS) is 15.7. The maximum atomic E-state index is 5.90. The zero-order valence-electron chi connectivity index (χ0n) is 13.2. The number of hydrogen-bond acceptors (Lipinski definition) is 7. The van der Waals surface area contributed by atoms with Crippen molar-refractivity contribution in [2.24, 2.45) is 0 Å². The van der Waals surface area contributed by atoms with Gasteiger partial charge in [-0.05, 0) is 34.1 Å². The maximum Gasteiger partial charge on any atom is 0.241 e. The molecule has 0 saturated carbocycles. The lowest BCUT2D eigenvalue weighted by Crippen LogP contribution is -2.46. The number of rotatable bonds is 4. The Kier molecular flexibility index (Phi) is 5.03. The Hall–Kier alpha value is -1.48. The van der Waals surface area contributed by atoms with E-state index in [9.17, 15) is 0 Å². The zero-order valence-corrected chi connectivity index (χ0v) is 16.4. The van der Waals surface area contributed by atoms with Crippen LogP contribution in [0.1, 0.15) is 5.89 Å². The molecule has 0 spiro atoms. The topological polar surface area (TPSA) is 58.3 Å². The van der Waals surface area contributed by atoms with Gasteiger partial charge in [0.1, 0.15) is 5.82 Å². The lowest BCUT2D eigenvalue weighted by molar-refractivity contribution is 0.215. The van der Waals surface area contributed by atoms with Gasteiger partial charge in [0, 0.05) is 42.2 Å². The molecule has 9 heteroatoms. The Morgan fingerprint density at radius 1 is 1.24 bits per heavy atom. The molecule has 130 valence electrons. The summed E-state index contributed by atoms with van der Waals surface area (Å²) in [5.74, 6) is 2.26. The first-order valence-electron chi connectivity index (χ1n) is 7.83. The van der Waals surface area contributed by atoms with Crippen molar-refractivity contribution in [1.29, 1.82) is 0 Å². The molecule has 3 aromatic heterocycles. The minimum atomic E-state index is 0.648. The van der Waals surface area contributed by atoms with Crippen LogP contribution < -0.4 is 4.90 Å². The molecule has 0 unspecified atom stereocenters. The number of hydrogen-bond donors (Lipinski definition) is 0. The van der Waals surface area contributed by atoms with E-state index in [1.807, 2.05) is 23.6 Å². The Morgan fingerprint density at radius 2 is 2.08 bits per heavy atom. The van der Waals surface area contributed by atoms with Crippen LogP contribution in [0, 0.1) is 0 Å². The van der Waals surface area contributed by atoms with Gasteiger partial charge in [-0.1, -0.05) is 16.8 Å². The molecule has 1 aliphatic heterocycles. The molecule has 0 amide bonds. The molecule has 0 bridgehead atoms. The van der Waals surface area contributed by atoms with Gasteiger partial charge >= 0.3 is 0 Å². The minimum absolute atomic E-state index is 0.648. The molecule has 1 fully saturated rings. The van der Waals surface area contributed by atoms with Crippen molar-refractivity contribution in [2.45, 2.75) is 6.54 Å². The van der Waals surface area contributed by atoms with Crippen molar-refractivity contribution in [3.05, 3.63) is 45.2 Å². The van der Waals surface area contributed by atoms with Crippen LogP contribution in [-0.2, 0) is 6.54 Å². The van der Waals surface area contributed by atoms with Crippen molar-refractivity contribution in [1.82, 2.24) is 20.0 Å². The fourth-order valence-electron chi connectivity index (χ4n) is 2.73. The van der Waals surface area contributed by atoms with Gasteiger partial charge in [-0.2, -0.15) is 4.98 Å². The van der Waals surface area contributed by atoms with Gasteiger partial charge in [0.2, 0.25) is 11.7 Å². The molecular formula is C16H15BrClN5OS. The van der Waals surface area contributed by atoms with Crippen molar-refractivity contribution < 1.29 is 4.52 Å².